The van der Waals surface area contributed by atoms with Gasteiger partial charge in [0.1, 0.15) is 23.1 Å². The van der Waals surface area contributed by atoms with Crippen LogP contribution in [-0.4, -0.2) is 27.5 Å². The van der Waals surface area contributed by atoms with Crippen LogP contribution >= 0.6 is 0 Å². The maximum absolute atomic E-state index is 13.8. The number of halogens is 1. The van der Waals surface area contributed by atoms with Crippen molar-refractivity contribution in [1.82, 2.24) is 4.72 Å². The lowest BCUT2D eigenvalue weighted by Gasteiger charge is -2.19. The van der Waals surface area contributed by atoms with Gasteiger partial charge in [0.05, 0.1) is 5.97 Å². The summed E-state index contributed by atoms with van der Waals surface area (Å²) in [5.74, 6) is -2.06. The van der Waals surface area contributed by atoms with Gasteiger partial charge in [-0.1, -0.05) is 39.0 Å². The second-order valence-electron chi connectivity index (χ2n) is 6.95. The fourth-order valence-electron chi connectivity index (χ4n) is 2.31. The number of benzene rings is 2. The molecule has 6 nitrogen and oxygen atoms in total. The van der Waals surface area contributed by atoms with Gasteiger partial charge in [0.2, 0.25) is 10.0 Å². The van der Waals surface area contributed by atoms with E-state index >= 15 is 0 Å². The van der Waals surface area contributed by atoms with Crippen LogP contribution in [0.1, 0.15) is 36.7 Å². The van der Waals surface area contributed by atoms with Crippen molar-refractivity contribution in [3.63, 3.8) is 0 Å². The largest absolute Gasteiger partial charge is 0.545 e. The maximum atomic E-state index is 13.8. The van der Waals surface area contributed by atoms with Crippen LogP contribution < -0.4 is 14.6 Å². The zero-order chi connectivity index (χ0) is 20.2. The normalized spacial score (nSPS) is 12.0. The quantitative estimate of drug-likeness (QED) is 0.723. The summed E-state index contributed by atoms with van der Waals surface area (Å²) in [6.45, 7) is 6.18. The summed E-state index contributed by atoms with van der Waals surface area (Å²) in [7, 11) is -4.22. The van der Waals surface area contributed by atoms with Gasteiger partial charge in [-0.25, -0.2) is 17.5 Å². The minimum Gasteiger partial charge on any atom is -0.545 e. The van der Waals surface area contributed by atoms with Gasteiger partial charge in [0.15, 0.2) is 0 Å². The van der Waals surface area contributed by atoms with Gasteiger partial charge in [0.25, 0.3) is 0 Å². The second kappa shape index (κ2) is 8.06. The Morgan fingerprint density at radius 1 is 1.15 bits per heavy atom. The average molecular weight is 394 g/mol. The van der Waals surface area contributed by atoms with E-state index in [1.54, 1.807) is 12.1 Å². The molecule has 0 saturated carbocycles. The summed E-state index contributed by atoms with van der Waals surface area (Å²) in [5.41, 5.74) is 0.726. The predicted molar refractivity (Wildman–Crippen MR) is 96.6 cm³/mol. The molecule has 2 aromatic rings. The van der Waals surface area contributed by atoms with Crippen molar-refractivity contribution in [3.05, 3.63) is 59.4 Å². The fraction of sp³-hybridized carbons (Fsp3) is 0.316. The minimum absolute atomic E-state index is 0.0121. The van der Waals surface area contributed by atoms with Crippen molar-refractivity contribution in [1.29, 1.82) is 0 Å². The SMILES string of the molecule is CC(C)(C)c1ccc(OCCNS(=O)(=O)c2cc(C(=O)[O-])ccc2F)cc1. The number of carbonyl (C=O) groups is 1. The topological polar surface area (TPSA) is 95.5 Å². The molecule has 0 heterocycles. The summed E-state index contributed by atoms with van der Waals surface area (Å²) in [4.78, 5) is 10.1. The number of aromatic carboxylic acids is 1. The van der Waals surface area contributed by atoms with Crippen LogP contribution in [-0.2, 0) is 15.4 Å². The van der Waals surface area contributed by atoms with Crippen molar-refractivity contribution in [3.8, 4) is 5.75 Å². The molecular weight excluding hydrogens is 373 g/mol. The molecule has 0 atom stereocenters. The number of hydrogen-bond acceptors (Lipinski definition) is 5. The van der Waals surface area contributed by atoms with E-state index in [4.69, 9.17) is 4.74 Å². The first-order valence-electron chi connectivity index (χ1n) is 8.24. The molecule has 0 fully saturated rings. The number of nitrogens with one attached hydrogen (secondary N) is 1. The van der Waals surface area contributed by atoms with Gasteiger partial charge in [0, 0.05) is 6.54 Å². The lowest BCUT2D eigenvalue weighted by Crippen LogP contribution is -2.29. The zero-order valence-corrected chi connectivity index (χ0v) is 16.1. The third-order valence-corrected chi connectivity index (χ3v) is 5.32. The average Bonchev–Trinajstić information content (AvgIpc) is 2.58. The molecule has 0 aliphatic carbocycles. The number of rotatable bonds is 7. The van der Waals surface area contributed by atoms with Gasteiger partial charge in [-0.05, 0) is 40.8 Å². The summed E-state index contributed by atoms with van der Waals surface area (Å²) in [6, 6.07) is 9.87. The number of hydrogen-bond donors (Lipinski definition) is 1. The molecule has 0 unspecified atom stereocenters. The number of ether oxygens (including phenoxy) is 1. The predicted octanol–water partition coefficient (Wildman–Crippen LogP) is 1.84. The Morgan fingerprint density at radius 2 is 1.78 bits per heavy atom. The first-order chi connectivity index (χ1) is 12.5. The van der Waals surface area contributed by atoms with Crippen molar-refractivity contribution in [2.75, 3.05) is 13.2 Å². The summed E-state index contributed by atoms with van der Waals surface area (Å²) >= 11 is 0. The molecule has 0 aromatic heterocycles. The van der Waals surface area contributed by atoms with Gasteiger partial charge in [-0.15, -0.1) is 0 Å². The van der Waals surface area contributed by atoms with E-state index in [-0.39, 0.29) is 18.6 Å². The molecule has 146 valence electrons. The Bertz CT molecular complexity index is 918. The standard InChI is InChI=1S/C19H22FNO5S/c1-19(2,3)14-5-7-15(8-6-14)26-11-10-21-27(24,25)17-12-13(18(22)23)4-9-16(17)20/h4-9,12,21H,10-11H2,1-3H3,(H,22,23)/p-1. The molecule has 0 amide bonds. The minimum atomic E-state index is -4.22. The third-order valence-electron chi connectivity index (χ3n) is 3.84. The molecule has 0 bridgehead atoms. The first kappa shape index (κ1) is 20.9. The van der Waals surface area contributed by atoms with Crippen LogP contribution in [0.2, 0.25) is 0 Å². The van der Waals surface area contributed by atoms with Crippen LogP contribution in [0, 0.1) is 5.82 Å². The zero-order valence-electron chi connectivity index (χ0n) is 15.3. The fourth-order valence-corrected chi connectivity index (χ4v) is 3.42. The van der Waals surface area contributed by atoms with Gasteiger partial charge in [-0.3, -0.25) is 0 Å². The highest BCUT2D eigenvalue weighted by atomic mass is 32.2. The van der Waals surface area contributed by atoms with Crippen LogP contribution in [0.3, 0.4) is 0 Å². The molecule has 1 N–H and O–H groups in total. The molecule has 0 spiro atoms. The van der Waals surface area contributed by atoms with Crippen molar-refractivity contribution >= 4 is 16.0 Å². The van der Waals surface area contributed by atoms with Crippen molar-refractivity contribution in [2.24, 2.45) is 0 Å². The Labute approximate surface area is 158 Å². The highest BCUT2D eigenvalue weighted by Crippen LogP contribution is 2.24. The molecule has 0 aliphatic rings. The van der Waals surface area contributed by atoms with Crippen LogP contribution in [0.25, 0.3) is 0 Å². The van der Waals surface area contributed by atoms with Gasteiger partial charge in [-0.2, -0.15) is 0 Å². The molecule has 0 radical (unpaired) electrons. The van der Waals surface area contributed by atoms with Crippen LogP contribution in [0.15, 0.2) is 47.4 Å². The van der Waals surface area contributed by atoms with Crippen LogP contribution in [0.4, 0.5) is 4.39 Å². The molecule has 8 heteroatoms. The number of carboxylic acids is 1. The smallest absolute Gasteiger partial charge is 0.243 e. The van der Waals surface area contributed by atoms with Crippen molar-refractivity contribution < 1.29 is 27.4 Å². The van der Waals surface area contributed by atoms with Gasteiger partial charge >= 0.3 is 0 Å². The summed E-state index contributed by atoms with van der Waals surface area (Å²) in [6.07, 6.45) is 0. The Kier molecular flexibility index (Phi) is 6.22. The Hall–Kier alpha value is -2.45. The molecule has 2 aromatic carbocycles. The van der Waals surface area contributed by atoms with E-state index in [9.17, 15) is 22.7 Å². The second-order valence-corrected chi connectivity index (χ2v) is 8.69. The maximum Gasteiger partial charge on any atom is 0.243 e. The van der Waals surface area contributed by atoms with Crippen LogP contribution in [0.5, 0.6) is 5.75 Å². The van der Waals surface area contributed by atoms with Crippen molar-refractivity contribution in [2.45, 2.75) is 31.1 Å². The molecule has 27 heavy (non-hydrogen) atoms. The molecule has 0 aliphatic heterocycles. The molecule has 0 saturated heterocycles. The number of carboxylic acid groups (broad SMARTS) is 1. The highest BCUT2D eigenvalue weighted by Gasteiger charge is 2.19. The van der Waals surface area contributed by atoms with E-state index in [1.807, 2.05) is 12.1 Å². The number of carbonyl (C=O) groups excluding carboxylic acids is 1. The summed E-state index contributed by atoms with van der Waals surface area (Å²) < 4.78 is 45.8. The lowest BCUT2D eigenvalue weighted by molar-refractivity contribution is -0.255. The molecule has 2 rings (SSSR count). The lowest BCUT2D eigenvalue weighted by atomic mass is 9.87. The van der Waals surface area contributed by atoms with E-state index < -0.39 is 32.3 Å². The van der Waals surface area contributed by atoms with E-state index in [2.05, 4.69) is 25.5 Å². The highest BCUT2D eigenvalue weighted by molar-refractivity contribution is 7.89. The first-order valence-corrected chi connectivity index (χ1v) is 9.73. The third kappa shape index (κ3) is 5.51. The Morgan fingerprint density at radius 3 is 2.33 bits per heavy atom. The monoisotopic (exact) mass is 394 g/mol. The van der Waals surface area contributed by atoms with E-state index in [0.717, 1.165) is 23.8 Å². The van der Waals surface area contributed by atoms with E-state index in [0.29, 0.717) is 5.75 Å². The van der Waals surface area contributed by atoms with Gasteiger partial charge < -0.3 is 14.6 Å². The van der Waals surface area contributed by atoms with E-state index in [1.165, 1.54) is 0 Å². The Balaban J connectivity index is 1.96. The summed E-state index contributed by atoms with van der Waals surface area (Å²) in [5, 5.41) is 10.8. The molecular formula is C19H21FNO5S-. The number of sulfonamides is 1.